The number of aryl methyl sites for hydroxylation is 1. The number of thioether (sulfide) groups is 1. The summed E-state index contributed by atoms with van der Waals surface area (Å²) >= 11 is 4.77. The number of nitrogens with zero attached hydrogens (tertiary/aromatic N) is 1. The average molecular weight is 375 g/mol. The quantitative estimate of drug-likeness (QED) is 0.324. The normalized spacial score (nSPS) is 10.8. The molecule has 0 spiro atoms. The fraction of sp³-hybridized carbons (Fsp3) is 0.176. The lowest BCUT2D eigenvalue weighted by atomic mass is 10.1. The molecule has 0 saturated carbocycles. The van der Waals surface area contributed by atoms with Crippen molar-refractivity contribution in [1.29, 1.82) is 5.41 Å². The molecule has 7 heteroatoms. The molecule has 4 N–H and O–H groups in total. The van der Waals surface area contributed by atoms with Crippen LogP contribution < -0.4 is 11.1 Å². The fourth-order valence-corrected chi connectivity index (χ4v) is 4.76. The molecule has 0 unspecified atom stereocenters. The lowest BCUT2D eigenvalue weighted by molar-refractivity contribution is 1.31. The van der Waals surface area contributed by atoms with Crippen molar-refractivity contribution in [2.24, 2.45) is 5.73 Å². The number of nitrogens with two attached hydrogens (primary N) is 1. The van der Waals surface area contributed by atoms with Crippen molar-refractivity contribution in [2.45, 2.75) is 18.1 Å². The Kier molecular flexibility index (Phi) is 4.93. The molecule has 3 aromatic rings. The molecule has 24 heavy (non-hydrogen) atoms. The van der Waals surface area contributed by atoms with Gasteiger partial charge >= 0.3 is 0 Å². The number of thiophene rings is 1. The lowest BCUT2D eigenvalue weighted by Crippen LogP contribution is -2.08. The van der Waals surface area contributed by atoms with Crippen LogP contribution in [0, 0.1) is 19.3 Å². The topological polar surface area (TPSA) is 74.8 Å². The van der Waals surface area contributed by atoms with Crippen LogP contribution in [-0.4, -0.2) is 17.1 Å². The molecule has 0 bridgehead atoms. The highest BCUT2D eigenvalue weighted by molar-refractivity contribution is 8.00. The van der Waals surface area contributed by atoms with E-state index in [-0.39, 0.29) is 5.84 Å². The molecule has 0 aliphatic rings. The third-order valence-electron chi connectivity index (χ3n) is 3.78. The van der Waals surface area contributed by atoms with Crippen molar-refractivity contribution in [3.05, 3.63) is 45.6 Å². The van der Waals surface area contributed by atoms with Crippen LogP contribution in [0.15, 0.2) is 33.9 Å². The zero-order valence-electron chi connectivity index (χ0n) is 13.6. The minimum Gasteiger partial charge on any atom is -0.383 e. The summed E-state index contributed by atoms with van der Waals surface area (Å²) in [5, 5.41) is 13.9. The van der Waals surface area contributed by atoms with Gasteiger partial charge in [-0.05, 0) is 43.4 Å². The standard InChI is InChI=1S/C17H18N4S3/c1-9-5-4-6-12(10(9)2)20-17-21-13(8-23-17)11-7-14(15(18)19)24-16(11)22-3/h4-8H,1-3H3,(H3,18,19)(H,20,21). The summed E-state index contributed by atoms with van der Waals surface area (Å²) in [4.78, 5) is 5.50. The Balaban J connectivity index is 1.91. The van der Waals surface area contributed by atoms with Gasteiger partial charge in [0.05, 0.1) is 14.8 Å². The zero-order chi connectivity index (χ0) is 17.3. The van der Waals surface area contributed by atoms with Crippen molar-refractivity contribution < 1.29 is 0 Å². The van der Waals surface area contributed by atoms with E-state index >= 15 is 0 Å². The van der Waals surface area contributed by atoms with E-state index in [0.717, 1.165) is 31.2 Å². The first-order chi connectivity index (χ1) is 11.5. The molecular weight excluding hydrogens is 356 g/mol. The van der Waals surface area contributed by atoms with Crippen molar-refractivity contribution in [2.75, 3.05) is 11.6 Å². The zero-order valence-corrected chi connectivity index (χ0v) is 16.1. The Morgan fingerprint density at radius 3 is 2.83 bits per heavy atom. The van der Waals surface area contributed by atoms with Gasteiger partial charge in [0.15, 0.2) is 5.13 Å². The monoisotopic (exact) mass is 374 g/mol. The third kappa shape index (κ3) is 3.33. The van der Waals surface area contributed by atoms with Gasteiger partial charge in [0.25, 0.3) is 0 Å². The molecule has 1 aromatic carbocycles. The van der Waals surface area contributed by atoms with E-state index in [0.29, 0.717) is 0 Å². The van der Waals surface area contributed by atoms with Crippen molar-refractivity contribution in [1.82, 2.24) is 4.98 Å². The van der Waals surface area contributed by atoms with E-state index in [1.807, 2.05) is 23.8 Å². The summed E-state index contributed by atoms with van der Waals surface area (Å²) in [6.45, 7) is 4.21. The van der Waals surface area contributed by atoms with Crippen LogP contribution in [0.5, 0.6) is 0 Å². The maximum Gasteiger partial charge on any atom is 0.187 e. The van der Waals surface area contributed by atoms with Gasteiger partial charge in [-0.1, -0.05) is 12.1 Å². The summed E-state index contributed by atoms with van der Waals surface area (Å²) in [5.74, 6) is 0.102. The van der Waals surface area contributed by atoms with Crippen LogP contribution in [0.2, 0.25) is 0 Å². The maximum atomic E-state index is 7.63. The van der Waals surface area contributed by atoms with Crippen molar-refractivity contribution in [3.63, 3.8) is 0 Å². The largest absolute Gasteiger partial charge is 0.383 e. The smallest absolute Gasteiger partial charge is 0.187 e. The lowest BCUT2D eigenvalue weighted by Gasteiger charge is -2.08. The predicted octanol–water partition coefficient (Wildman–Crippen LogP) is 5.24. The highest BCUT2D eigenvalue weighted by atomic mass is 32.2. The predicted molar refractivity (Wildman–Crippen MR) is 107 cm³/mol. The molecule has 4 nitrogen and oxygen atoms in total. The number of hydrogen-bond acceptors (Lipinski definition) is 6. The number of nitrogen functional groups attached to an aromatic ring is 1. The van der Waals surface area contributed by atoms with Gasteiger partial charge in [0.1, 0.15) is 5.84 Å². The van der Waals surface area contributed by atoms with Gasteiger partial charge in [0.2, 0.25) is 0 Å². The van der Waals surface area contributed by atoms with Gasteiger partial charge in [-0.25, -0.2) is 4.98 Å². The molecule has 0 saturated heterocycles. The molecule has 2 heterocycles. The van der Waals surface area contributed by atoms with Crippen molar-refractivity contribution >= 4 is 51.1 Å². The first kappa shape index (κ1) is 17.0. The molecule has 124 valence electrons. The fourth-order valence-electron chi connectivity index (χ4n) is 2.29. The minimum atomic E-state index is 0.102. The molecule has 0 aliphatic carbocycles. The molecule has 0 amide bonds. The van der Waals surface area contributed by atoms with E-state index in [2.05, 4.69) is 31.3 Å². The van der Waals surface area contributed by atoms with E-state index in [1.54, 1.807) is 23.1 Å². The second-order valence-corrected chi connectivity index (χ2v) is 8.33. The molecule has 3 rings (SSSR count). The van der Waals surface area contributed by atoms with Crippen LogP contribution in [0.4, 0.5) is 10.8 Å². The van der Waals surface area contributed by atoms with E-state index in [4.69, 9.17) is 16.1 Å². The average Bonchev–Trinajstić information content (AvgIpc) is 3.18. The SMILES string of the molecule is CSc1sc(C(=N)N)cc1-c1csc(Nc2cccc(C)c2C)n1. The second kappa shape index (κ2) is 6.96. The van der Waals surface area contributed by atoms with Gasteiger partial charge in [-0.15, -0.1) is 34.4 Å². The van der Waals surface area contributed by atoms with Gasteiger partial charge < -0.3 is 11.1 Å². The van der Waals surface area contributed by atoms with E-state index in [9.17, 15) is 0 Å². The number of aromatic nitrogens is 1. The Hall–Kier alpha value is -1.83. The summed E-state index contributed by atoms with van der Waals surface area (Å²) < 4.78 is 1.13. The Bertz CT molecular complexity index is 895. The number of anilines is 2. The third-order valence-corrected chi connectivity index (χ3v) is 6.84. The van der Waals surface area contributed by atoms with E-state index < -0.39 is 0 Å². The Labute approximate surface area is 153 Å². The molecule has 0 radical (unpaired) electrons. The van der Waals surface area contributed by atoms with Gasteiger partial charge in [-0.2, -0.15) is 0 Å². The number of benzene rings is 1. The van der Waals surface area contributed by atoms with Crippen molar-refractivity contribution in [3.8, 4) is 11.3 Å². The van der Waals surface area contributed by atoms with Crippen LogP contribution in [-0.2, 0) is 0 Å². The summed E-state index contributed by atoms with van der Waals surface area (Å²) in [6.07, 6.45) is 2.03. The number of hydrogen-bond donors (Lipinski definition) is 3. The molecular formula is C17H18N4S3. The Morgan fingerprint density at radius 1 is 1.33 bits per heavy atom. The molecule has 2 aromatic heterocycles. The summed E-state index contributed by atoms with van der Waals surface area (Å²) in [7, 11) is 0. The Morgan fingerprint density at radius 2 is 2.12 bits per heavy atom. The molecule has 0 aliphatic heterocycles. The van der Waals surface area contributed by atoms with Gasteiger partial charge in [-0.3, -0.25) is 5.41 Å². The number of thiazole rings is 1. The summed E-state index contributed by atoms with van der Waals surface area (Å²) in [5.41, 5.74) is 11.1. The minimum absolute atomic E-state index is 0.102. The number of nitrogens with one attached hydrogen (secondary N) is 2. The molecule has 0 fully saturated rings. The second-order valence-electron chi connectivity index (χ2n) is 5.34. The highest BCUT2D eigenvalue weighted by Crippen LogP contribution is 2.39. The summed E-state index contributed by atoms with van der Waals surface area (Å²) in [6, 6.07) is 8.17. The van der Waals surface area contributed by atoms with Crippen LogP contribution >= 0.6 is 34.4 Å². The molecule has 0 atom stereocenters. The maximum absolute atomic E-state index is 7.63. The van der Waals surface area contributed by atoms with Gasteiger partial charge in [0, 0.05) is 16.6 Å². The van der Waals surface area contributed by atoms with Crippen LogP contribution in [0.1, 0.15) is 16.0 Å². The first-order valence-electron chi connectivity index (χ1n) is 7.31. The number of amidine groups is 1. The van der Waals surface area contributed by atoms with E-state index in [1.165, 1.54) is 22.5 Å². The first-order valence-corrected chi connectivity index (χ1v) is 10.2. The van der Waals surface area contributed by atoms with Crippen LogP contribution in [0.3, 0.4) is 0 Å². The highest BCUT2D eigenvalue weighted by Gasteiger charge is 2.15. The number of rotatable bonds is 5. The van der Waals surface area contributed by atoms with Crippen LogP contribution in [0.25, 0.3) is 11.3 Å².